The highest BCUT2D eigenvalue weighted by Gasteiger charge is 2.36. The molecule has 0 amide bonds. The zero-order valence-corrected chi connectivity index (χ0v) is 31.6. The molecular formula is C51H34N4OS. The second-order valence-corrected chi connectivity index (χ2v) is 17.1. The average Bonchev–Trinajstić information content (AvgIpc) is 3.84. The summed E-state index contributed by atoms with van der Waals surface area (Å²) < 4.78 is 9.01. The standard InChI is InChI=1S/C51H34N4OS/c1-4-18-35(19-5-1)49-52-50(54-51(53-49)55-44-30-13-10-26-40(44)41-27-11-14-31-45(41)55)36-20-16-25-39(34-36)57(37-21-6-2-7-22-37,38-23-8-3-9-24-38)47-33-17-29-43-42-28-12-15-32-46(42)56-48(43)47/h1-34H. The van der Waals surface area contributed by atoms with E-state index in [2.05, 4.69) is 187 Å². The van der Waals surface area contributed by atoms with Crippen molar-refractivity contribution in [2.24, 2.45) is 0 Å². The van der Waals surface area contributed by atoms with E-state index in [1.54, 1.807) is 0 Å². The first kappa shape index (κ1) is 33.1. The van der Waals surface area contributed by atoms with Crippen LogP contribution in [0.5, 0.6) is 0 Å². The third-order valence-electron chi connectivity index (χ3n) is 10.8. The van der Waals surface area contributed by atoms with Crippen LogP contribution in [0.2, 0.25) is 0 Å². The molecule has 0 saturated carbocycles. The summed E-state index contributed by atoms with van der Waals surface area (Å²) in [7, 11) is -2.16. The van der Waals surface area contributed by atoms with E-state index in [1.165, 1.54) is 9.79 Å². The van der Waals surface area contributed by atoms with Gasteiger partial charge >= 0.3 is 0 Å². The van der Waals surface area contributed by atoms with Crippen molar-refractivity contribution >= 4 is 53.8 Å². The summed E-state index contributed by atoms with van der Waals surface area (Å²) in [6, 6.07) is 72.5. The third kappa shape index (κ3) is 5.29. The minimum Gasteiger partial charge on any atom is -0.455 e. The molecule has 270 valence electrons. The van der Waals surface area contributed by atoms with E-state index in [9.17, 15) is 0 Å². The van der Waals surface area contributed by atoms with Crippen LogP contribution in [-0.4, -0.2) is 19.5 Å². The van der Waals surface area contributed by atoms with Crippen molar-refractivity contribution in [3.8, 4) is 28.7 Å². The fourth-order valence-corrected chi connectivity index (χ4v) is 12.3. The molecule has 0 spiro atoms. The van der Waals surface area contributed by atoms with Crippen molar-refractivity contribution in [3.05, 3.63) is 206 Å². The SMILES string of the molecule is c1ccc(-c2nc(-c3cccc(S(c4ccccc4)(c4ccccc4)c4cccc5c4oc4ccccc45)c3)nc(-n3c4ccccc4c4ccccc43)n2)cc1. The number of furan rings is 1. The summed E-state index contributed by atoms with van der Waals surface area (Å²) in [5, 5.41) is 4.51. The minimum absolute atomic E-state index is 0.568. The van der Waals surface area contributed by atoms with Crippen molar-refractivity contribution in [2.75, 3.05) is 0 Å². The van der Waals surface area contributed by atoms with Gasteiger partial charge in [-0.15, -0.1) is 10.0 Å². The number of nitrogens with zero attached hydrogens (tertiary/aromatic N) is 4. The summed E-state index contributed by atoms with van der Waals surface area (Å²) in [5.41, 5.74) is 5.67. The van der Waals surface area contributed by atoms with E-state index >= 15 is 0 Å². The van der Waals surface area contributed by atoms with Gasteiger partial charge in [0, 0.05) is 52.3 Å². The van der Waals surface area contributed by atoms with Gasteiger partial charge in [-0.2, -0.15) is 9.97 Å². The van der Waals surface area contributed by atoms with Gasteiger partial charge in [0.05, 0.1) is 11.0 Å². The van der Waals surface area contributed by atoms with Gasteiger partial charge in [0.15, 0.2) is 11.6 Å². The number of hydrogen-bond donors (Lipinski definition) is 0. The number of fused-ring (bicyclic) bond motifs is 6. The highest BCUT2D eigenvalue weighted by molar-refractivity contribution is 8.34. The predicted molar refractivity (Wildman–Crippen MR) is 232 cm³/mol. The molecule has 0 aliphatic carbocycles. The first-order valence-corrected chi connectivity index (χ1v) is 20.6. The maximum Gasteiger partial charge on any atom is 0.238 e. The van der Waals surface area contributed by atoms with Gasteiger partial charge in [0.2, 0.25) is 5.95 Å². The Morgan fingerprint density at radius 2 is 0.877 bits per heavy atom. The average molecular weight is 751 g/mol. The zero-order chi connectivity index (χ0) is 37.8. The second-order valence-electron chi connectivity index (χ2n) is 14.0. The molecule has 0 N–H and O–H groups in total. The molecule has 0 fully saturated rings. The molecule has 11 aromatic rings. The number of para-hydroxylation sites is 4. The van der Waals surface area contributed by atoms with Crippen molar-refractivity contribution in [2.45, 2.75) is 19.6 Å². The lowest BCUT2D eigenvalue weighted by Crippen LogP contribution is -2.08. The van der Waals surface area contributed by atoms with Gasteiger partial charge in [0.25, 0.3) is 0 Å². The Hall–Kier alpha value is -7.28. The maximum absolute atomic E-state index is 6.85. The topological polar surface area (TPSA) is 56.7 Å². The van der Waals surface area contributed by atoms with Crippen LogP contribution in [0.25, 0.3) is 72.5 Å². The molecule has 3 aromatic heterocycles. The van der Waals surface area contributed by atoms with Gasteiger partial charge in [-0.25, -0.2) is 4.98 Å². The van der Waals surface area contributed by atoms with Crippen LogP contribution in [0.3, 0.4) is 0 Å². The summed E-state index contributed by atoms with van der Waals surface area (Å²) in [6.07, 6.45) is 0. The van der Waals surface area contributed by atoms with Crippen LogP contribution in [0, 0.1) is 0 Å². The van der Waals surface area contributed by atoms with Crippen LogP contribution >= 0.6 is 10.0 Å². The lowest BCUT2D eigenvalue weighted by molar-refractivity contribution is 0.659. The number of aromatic nitrogens is 4. The molecule has 3 heterocycles. The lowest BCUT2D eigenvalue weighted by Gasteiger charge is -2.42. The number of benzene rings is 8. The largest absolute Gasteiger partial charge is 0.455 e. The van der Waals surface area contributed by atoms with Gasteiger partial charge in [-0.1, -0.05) is 146 Å². The van der Waals surface area contributed by atoms with E-state index in [1.807, 2.05) is 24.3 Å². The summed E-state index contributed by atoms with van der Waals surface area (Å²) >= 11 is 0. The molecule has 8 aromatic carbocycles. The van der Waals surface area contributed by atoms with E-state index in [0.29, 0.717) is 17.6 Å². The van der Waals surface area contributed by atoms with Gasteiger partial charge in [0.1, 0.15) is 11.2 Å². The van der Waals surface area contributed by atoms with E-state index in [-0.39, 0.29) is 0 Å². The Morgan fingerprint density at radius 3 is 1.54 bits per heavy atom. The Bertz CT molecular complexity index is 3160. The molecule has 11 rings (SSSR count). The first-order chi connectivity index (χ1) is 28.3. The van der Waals surface area contributed by atoms with Crippen LogP contribution in [0.1, 0.15) is 0 Å². The van der Waals surface area contributed by atoms with Crippen molar-refractivity contribution in [3.63, 3.8) is 0 Å². The van der Waals surface area contributed by atoms with Crippen molar-refractivity contribution < 1.29 is 4.42 Å². The van der Waals surface area contributed by atoms with Crippen LogP contribution in [-0.2, 0) is 0 Å². The van der Waals surface area contributed by atoms with Crippen LogP contribution in [0.15, 0.2) is 230 Å². The van der Waals surface area contributed by atoms with E-state index < -0.39 is 10.0 Å². The lowest BCUT2D eigenvalue weighted by atomic mass is 10.1. The normalized spacial score (nSPS) is 12.1. The highest BCUT2D eigenvalue weighted by atomic mass is 32.3. The van der Waals surface area contributed by atoms with E-state index in [4.69, 9.17) is 19.4 Å². The monoisotopic (exact) mass is 750 g/mol. The molecule has 0 saturated heterocycles. The first-order valence-electron chi connectivity index (χ1n) is 19.0. The fraction of sp³-hybridized carbons (Fsp3) is 0. The van der Waals surface area contributed by atoms with Gasteiger partial charge < -0.3 is 4.42 Å². The molecular weight excluding hydrogens is 717 g/mol. The van der Waals surface area contributed by atoms with Crippen molar-refractivity contribution in [1.82, 2.24) is 19.5 Å². The molecule has 0 aliphatic rings. The Morgan fingerprint density at radius 1 is 0.386 bits per heavy atom. The molecule has 57 heavy (non-hydrogen) atoms. The summed E-state index contributed by atoms with van der Waals surface area (Å²) in [5.74, 6) is 1.78. The maximum atomic E-state index is 6.85. The molecule has 5 nitrogen and oxygen atoms in total. The second kappa shape index (κ2) is 13.5. The molecule has 0 radical (unpaired) electrons. The fourth-order valence-electron chi connectivity index (χ4n) is 8.27. The summed E-state index contributed by atoms with van der Waals surface area (Å²) in [4.78, 5) is 20.4. The highest BCUT2D eigenvalue weighted by Crippen LogP contribution is 2.74. The van der Waals surface area contributed by atoms with Crippen molar-refractivity contribution in [1.29, 1.82) is 0 Å². The smallest absolute Gasteiger partial charge is 0.238 e. The Kier molecular flexibility index (Phi) is 7.83. The molecule has 0 unspecified atom stereocenters. The quantitative estimate of drug-likeness (QED) is 0.163. The third-order valence-corrected chi connectivity index (χ3v) is 14.7. The molecule has 0 aliphatic heterocycles. The minimum atomic E-state index is -2.16. The molecule has 6 heteroatoms. The number of rotatable bonds is 7. The van der Waals surface area contributed by atoms with E-state index in [0.717, 1.165) is 64.7 Å². The molecule has 0 bridgehead atoms. The molecule has 0 atom stereocenters. The van der Waals surface area contributed by atoms with Gasteiger partial charge in [-0.3, -0.25) is 4.57 Å². The van der Waals surface area contributed by atoms with Crippen LogP contribution in [0.4, 0.5) is 0 Å². The Balaban J connectivity index is 1.21. The predicted octanol–water partition coefficient (Wildman–Crippen LogP) is 13.5. The Labute approximate surface area is 330 Å². The van der Waals surface area contributed by atoms with Crippen LogP contribution < -0.4 is 0 Å². The number of hydrogen-bond acceptors (Lipinski definition) is 4. The van der Waals surface area contributed by atoms with Gasteiger partial charge in [-0.05, 0) is 60.7 Å². The zero-order valence-electron chi connectivity index (χ0n) is 30.7. The summed E-state index contributed by atoms with van der Waals surface area (Å²) in [6.45, 7) is 0.